The highest BCUT2D eigenvalue weighted by Gasteiger charge is 2.11. The van der Waals surface area contributed by atoms with E-state index in [1.54, 1.807) is 0 Å². The molecule has 16 heavy (non-hydrogen) atoms. The Bertz CT molecular complexity index is 354. The second kappa shape index (κ2) is 5.62. The van der Waals surface area contributed by atoms with Crippen molar-refractivity contribution < 1.29 is 4.79 Å². The van der Waals surface area contributed by atoms with Gasteiger partial charge < -0.3 is 0 Å². The zero-order chi connectivity index (χ0) is 12.3. The number of rotatable bonds is 4. The summed E-state index contributed by atoms with van der Waals surface area (Å²) in [6.07, 6.45) is 0. The molecule has 0 N–H and O–H groups in total. The number of halogens is 1. The second-order valence-corrected chi connectivity index (χ2v) is 5.21. The quantitative estimate of drug-likeness (QED) is 0.594. The van der Waals surface area contributed by atoms with Crippen molar-refractivity contribution in [2.75, 3.05) is 5.33 Å². The zero-order valence-corrected chi connectivity index (χ0v) is 11.9. The Morgan fingerprint density at radius 3 is 1.94 bits per heavy atom. The number of alkyl halides is 1. The molecule has 0 amide bonds. The fourth-order valence-corrected chi connectivity index (χ4v) is 1.80. The van der Waals surface area contributed by atoms with Crippen LogP contribution >= 0.6 is 15.9 Å². The zero-order valence-electron chi connectivity index (χ0n) is 10.3. The first-order chi connectivity index (χ1) is 7.45. The van der Waals surface area contributed by atoms with E-state index < -0.39 is 0 Å². The first kappa shape index (κ1) is 13.4. The SMILES string of the molecule is CC(C)c1[c]c(C(C)C)cc(C(=O)CBr)c1. The molecule has 1 radical (unpaired) electrons. The summed E-state index contributed by atoms with van der Waals surface area (Å²) in [5.41, 5.74) is 3.04. The molecule has 1 aromatic rings. The summed E-state index contributed by atoms with van der Waals surface area (Å²) in [6, 6.07) is 7.31. The molecule has 0 aliphatic carbocycles. The highest BCUT2D eigenvalue weighted by Crippen LogP contribution is 2.23. The van der Waals surface area contributed by atoms with Crippen LogP contribution in [0.15, 0.2) is 12.1 Å². The van der Waals surface area contributed by atoms with Gasteiger partial charge in [0.1, 0.15) is 0 Å². The van der Waals surface area contributed by atoms with Gasteiger partial charge in [-0.1, -0.05) is 43.6 Å². The highest BCUT2D eigenvalue weighted by molar-refractivity contribution is 9.09. The Labute approximate surface area is 106 Å². The van der Waals surface area contributed by atoms with Gasteiger partial charge in [-0.25, -0.2) is 0 Å². The van der Waals surface area contributed by atoms with Gasteiger partial charge >= 0.3 is 0 Å². The lowest BCUT2D eigenvalue weighted by atomic mass is 9.92. The van der Waals surface area contributed by atoms with Crippen LogP contribution in [0.25, 0.3) is 0 Å². The van der Waals surface area contributed by atoms with Crippen LogP contribution in [0.5, 0.6) is 0 Å². The lowest BCUT2D eigenvalue weighted by molar-refractivity contribution is 0.102. The van der Waals surface area contributed by atoms with Crippen LogP contribution in [0.1, 0.15) is 61.0 Å². The monoisotopic (exact) mass is 281 g/mol. The van der Waals surface area contributed by atoms with E-state index in [-0.39, 0.29) is 5.78 Å². The summed E-state index contributed by atoms with van der Waals surface area (Å²) in [4.78, 5) is 11.7. The molecule has 1 rings (SSSR count). The minimum Gasteiger partial charge on any atom is -0.293 e. The van der Waals surface area contributed by atoms with Gasteiger partial charge in [-0.2, -0.15) is 0 Å². The Morgan fingerprint density at radius 1 is 1.19 bits per heavy atom. The summed E-state index contributed by atoms with van der Waals surface area (Å²) in [7, 11) is 0. The summed E-state index contributed by atoms with van der Waals surface area (Å²) in [5.74, 6) is 0.943. The van der Waals surface area contributed by atoms with Gasteiger partial charge in [-0.15, -0.1) is 0 Å². The van der Waals surface area contributed by atoms with Crippen molar-refractivity contribution in [3.8, 4) is 0 Å². The lowest BCUT2D eigenvalue weighted by Gasteiger charge is -2.12. The van der Waals surface area contributed by atoms with Crippen molar-refractivity contribution in [3.63, 3.8) is 0 Å². The van der Waals surface area contributed by atoms with E-state index in [0.29, 0.717) is 17.2 Å². The van der Waals surface area contributed by atoms with Crippen LogP contribution in [0, 0.1) is 6.07 Å². The van der Waals surface area contributed by atoms with Crippen molar-refractivity contribution in [2.45, 2.75) is 39.5 Å². The molecule has 0 saturated heterocycles. The summed E-state index contributed by atoms with van der Waals surface area (Å²) < 4.78 is 0. The molecule has 87 valence electrons. The highest BCUT2D eigenvalue weighted by atomic mass is 79.9. The van der Waals surface area contributed by atoms with Crippen LogP contribution < -0.4 is 0 Å². The third-order valence-corrected chi connectivity index (χ3v) is 3.11. The van der Waals surface area contributed by atoms with E-state index in [1.165, 1.54) is 0 Å². The van der Waals surface area contributed by atoms with Crippen molar-refractivity contribution in [2.24, 2.45) is 0 Å². The van der Waals surface area contributed by atoms with Gasteiger partial charge in [-0.05, 0) is 41.2 Å². The van der Waals surface area contributed by atoms with E-state index in [9.17, 15) is 4.79 Å². The van der Waals surface area contributed by atoms with Crippen LogP contribution in [0.3, 0.4) is 0 Å². The van der Waals surface area contributed by atoms with Crippen LogP contribution in [0.4, 0.5) is 0 Å². The maximum Gasteiger partial charge on any atom is 0.173 e. The molecule has 0 heterocycles. The average molecular weight is 282 g/mol. The number of hydrogen-bond donors (Lipinski definition) is 0. The minimum atomic E-state index is 0.137. The third-order valence-electron chi connectivity index (χ3n) is 2.60. The number of benzene rings is 1. The van der Waals surface area contributed by atoms with Crippen LogP contribution in [0.2, 0.25) is 0 Å². The van der Waals surface area contributed by atoms with E-state index in [1.807, 2.05) is 12.1 Å². The van der Waals surface area contributed by atoms with Gasteiger partial charge in [0.25, 0.3) is 0 Å². The van der Waals surface area contributed by atoms with Gasteiger partial charge in [0.15, 0.2) is 5.78 Å². The average Bonchev–Trinajstić information content (AvgIpc) is 2.27. The van der Waals surface area contributed by atoms with Crippen molar-refractivity contribution in [3.05, 3.63) is 34.9 Å². The molecule has 0 spiro atoms. The van der Waals surface area contributed by atoms with E-state index in [4.69, 9.17) is 0 Å². The van der Waals surface area contributed by atoms with Gasteiger partial charge in [0.05, 0.1) is 5.33 Å². The third kappa shape index (κ3) is 3.18. The first-order valence-corrected chi connectivity index (χ1v) is 6.74. The van der Waals surface area contributed by atoms with Crippen molar-refractivity contribution >= 4 is 21.7 Å². The van der Waals surface area contributed by atoms with Gasteiger partial charge in [0.2, 0.25) is 0 Å². The molecule has 1 nitrogen and oxygen atoms in total. The molecule has 0 fully saturated rings. The Morgan fingerprint density at radius 2 is 1.62 bits per heavy atom. The summed E-state index contributed by atoms with van der Waals surface area (Å²) in [6.45, 7) is 8.49. The molecule has 1 aromatic carbocycles. The first-order valence-electron chi connectivity index (χ1n) is 5.62. The van der Waals surface area contributed by atoms with Crippen LogP contribution in [-0.2, 0) is 0 Å². The minimum absolute atomic E-state index is 0.137. The molecule has 0 atom stereocenters. The molecule has 0 unspecified atom stereocenters. The second-order valence-electron chi connectivity index (χ2n) is 4.65. The Balaban J connectivity index is 3.24. The predicted octanol–water partition coefficient (Wildman–Crippen LogP) is 4.31. The van der Waals surface area contributed by atoms with Gasteiger partial charge in [0, 0.05) is 5.56 Å². The molecule has 0 bridgehead atoms. The molecule has 0 aliphatic rings. The predicted molar refractivity (Wildman–Crippen MR) is 71.6 cm³/mol. The van der Waals surface area contributed by atoms with Gasteiger partial charge in [-0.3, -0.25) is 4.79 Å². The fourth-order valence-electron chi connectivity index (χ4n) is 1.48. The largest absolute Gasteiger partial charge is 0.293 e. The van der Waals surface area contributed by atoms with E-state index in [2.05, 4.69) is 49.7 Å². The summed E-state index contributed by atoms with van der Waals surface area (Å²) in [5, 5.41) is 0.381. The molecule has 0 aliphatic heterocycles. The number of hydrogen-bond acceptors (Lipinski definition) is 1. The molecule has 0 saturated carbocycles. The number of ketones is 1. The smallest absolute Gasteiger partial charge is 0.173 e. The summed E-state index contributed by atoms with van der Waals surface area (Å²) >= 11 is 3.21. The van der Waals surface area contributed by atoms with Crippen molar-refractivity contribution in [1.29, 1.82) is 0 Å². The Kier molecular flexibility index (Phi) is 4.72. The van der Waals surface area contributed by atoms with Crippen molar-refractivity contribution in [1.82, 2.24) is 0 Å². The number of carbonyl (C=O) groups excluding carboxylic acids is 1. The molecular weight excluding hydrogens is 264 g/mol. The lowest BCUT2D eigenvalue weighted by Crippen LogP contribution is -2.04. The molecule has 2 heteroatoms. The maximum atomic E-state index is 11.7. The van der Waals surface area contributed by atoms with E-state index >= 15 is 0 Å². The molecular formula is C14H18BrO. The topological polar surface area (TPSA) is 17.1 Å². The molecule has 0 aromatic heterocycles. The standard InChI is InChI=1S/C14H18BrO/c1-9(2)11-5-12(10(3)4)7-13(6-11)14(16)8-15/h6-7,9-10H,8H2,1-4H3. The van der Waals surface area contributed by atoms with E-state index in [0.717, 1.165) is 16.7 Å². The Hall–Kier alpha value is -0.630. The normalized spacial score (nSPS) is 11.2. The van der Waals surface area contributed by atoms with Crippen LogP contribution in [-0.4, -0.2) is 11.1 Å². The fraction of sp³-hybridized carbons (Fsp3) is 0.500. The number of carbonyl (C=O) groups is 1. The number of Topliss-reactive ketones (excluding diaryl/α,β-unsaturated/α-hetero) is 1. The maximum absolute atomic E-state index is 11.7.